The van der Waals surface area contributed by atoms with Crippen molar-refractivity contribution in [2.45, 2.75) is 31.5 Å². The van der Waals surface area contributed by atoms with Crippen LogP contribution < -0.4 is 5.56 Å². The Morgan fingerprint density at radius 3 is 2.60 bits per heavy atom. The van der Waals surface area contributed by atoms with E-state index in [1.54, 1.807) is 31.0 Å². The van der Waals surface area contributed by atoms with E-state index >= 15 is 0 Å². The lowest BCUT2D eigenvalue weighted by Gasteiger charge is -2.17. The third-order valence-electron chi connectivity index (χ3n) is 3.91. The van der Waals surface area contributed by atoms with Crippen molar-refractivity contribution in [3.63, 3.8) is 0 Å². The number of nitrogens with one attached hydrogen (secondary N) is 1. The van der Waals surface area contributed by atoms with Gasteiger partial charge in [-0.2, -0.15) is 5.26 Å². The van der Waals surface area contributed by atoms with Crippen LogP contribution in [0.15, 0.2) is 34.2 Å². The zero-order valence-corrected chi connectivity index (χ0v) is 15.3. The van der Waals surface area contributed by atoms with E-state index in [4.69, 9.17) is 5.26 Å². The molecular formula is C18H20N4O2S. The van der Waals surface area contributed by atoms with Crippen LogP contribution >= 0.6 is 11.8 Å². The molecule has 130 valence electrons. The third-order valence-corrected chi connectivity index (χ3v) is 4.49. The Kier molecular flexibility index (Phi) is 6.37. The summed E-state index contributed by atoms with van der Waals surface area (Å²) in [6.45, 7) is 2.25. The van der Waals surface area contributed by atoms with E-state index in [1.807, 2.05) is 18.4 Å². The molecule has 25 heavy (non-hydrogen) atoms. The van der Waals surface area contributed by atoms with Gasteiger partial charge in [0.2, 0.25) is 5.91 Å². The zero-order chi connectivity index (χ0) is 18.4. The van der Waals surface area contributed by atoms with Crippen LogP contribution in [-0.2, 0) is 17.8 Å². The molecule has 1 heterocycles. The van der Waals surface area contributed by atoms with E-state index in [2.05, 4.69) is 16.0 Å². The average molecular weight is 356 g/mol. The molecule has 0 saturated heterocycles. The summed E-state index contributed by atoms with van der Waals surface area (Å²) in [6, 6.07) is 9.20. The Hall–Kier alpha value is -2.59. The summed E-state index contributed by atoms with van der Waals surface area (Å²) in [7, 11) is 1.73. The fraction of sp³-hybridized carbons (Fsp3) is 0.333. The van der Waals surface area contributed by atoms with Crippen molar-refractivity contribution in [1.29, 1.82) is 5.26 Å². The molecule has 0 radical (unpaired) electrons. The predicted octanol–water partition coefficient (Wildman–Crippen LogP) is 2.26. The average Bonchev–Trinajstić information content (AvgIpc) is 2.61. The lowest BCUT2D eigenvalue weighted by Crippen LogP contribution is -2.27. The molecule has 0 saturated carbocycles. The summed E-state index contributed by atoms with van der Waals surface area (Å²) in [5.74, 6) is -0.0443. The lowest BCUT2D eigenvalue weighted by atomic mass is 10.1. The molecule has 0 aliphatic rings. The van der Waals surface area contributed by atoms with Gasteiger partial charge >= 0.3 is 0 Å². The lowest BCUT2D eigenvalue weighted by molar-refractivity contribution is -0.130. The van der Waals surface area contributed by atoms with Gasteiger partial charge in [-0.05, 0) is 37.3 Å². The monoisotopic (exact) mass is 356 g/mol. The van der Waals surface area contributed by atoms with Gasteiger partial charge in [-0.3, -0.25) is 9.59 Å². The Morgan fingerprint density at radius 1 is 1.36 bits per heavy atom. The summed E-state index contributed by atoms with van der Waals surface area (Å²) in [5, 5.41) is 9.38. The second-order valence-corrected chi connectivity index (χ2v) is 6.49. The molecule has 1 aromatic heterocycles. The van der Waals surface area contributed by atoms with Crippen molar-refractivity contribution in [2.75, 3.05) is 13.3 Å². The Morgan fingerprint density at radius 2 is 2.04 bits per heavy atom. The fourth-order valence-corrected chi connectivity index (χ4v) is 2.87. The number of amides is 1. The first-order valence-corrected chi connectivity index (χ1v) is 9.04. The van der Waals surface area contributed by atoms with Crippen LogP contribution in [0, 0.1) is 18.3 Å². The van der Waals surface area contributed by atoms with Gasteiger partial charge in [-0.25, -0.2) is 4.98 Å². The second kappa shape index (κ2) is 8.49. The van der Waals surface area contributed by atoms with E-state index < -0.39 is 0 Å². The number of aromatic amines is 1. The van der Waals surface area contributed by atoms with Gasteiger partial charge in [-0.15, -0.1) is 0 Å². The van der Waals surface area contributed by atoms with E-state index in [0.29, 0.717) is 34.9 Å². The quantitative estimate of drug-likeness (QED) is 0.633. The Labute approximate surface area is 150 Å². The van der Waals surface area contributed by atoms with Crippen LogP contribution in [0.1, 0.15) is 28.8 Å². The molecular weight excluding hydrogens is 336 g/mol. The molecule has 0 spiro atoms. The van der Waals surface area contributed by atoms with Gasteiger partial charge in [0.25, 0.3) is 5.56 Å². The summed E-state index contributed by atoms with van der Waals surface area (Å²) >= 11 is 1.38. The molecule has 6 nitrogen and oxygen atoms in total. The largest absolute Gasteiger partial charge is 0.341 e. The van der Waals surface area contributed by atoms with Crippen molar-refractivity contribution in [1.82, 2.24) is 14.9 Å². The van der Waals surface area contributed by atoms with E-state index in [-0.39, 0.29) is 17.9 Å². The maximum absolute atomic E-state index is 12.3. The van der Waals surface area contributed by atoms with Gasteiger partial charge < -0.3 is 9.88 Å². The number of thioether (sulfide) groups is 1. The molecule has 0 aliphatic heterocycles. The number of carbonyl (C=O) groups is 1. The van der Waals surface area contributed by atoms with Gasteiger partial charge in [0.15, 0.2) is 5.16 Å². The normalized spacial score (nSPS) is 10.3. The second-order valence-electron chi connectivity index (χ2n) is 5.70. The van der Waals surface area contributed by atoms with E-state index in [0.717, 1.165) is 5.56 Å². The highest BCUT2D eigenvalue weighted by Crippen LogP contribution is 2.11. The molecule has 1 aromatic carbocycles. The molecule has 7 heteroatoms. The number of hydrogen-bond donors (Lipinski definition) is 1. The van der Waals surface area contributed by atoms with Crippen LogP contribution in [0.5, 0.6) is 0 Å². The number of H-pyrrole nitrogens is 1. The summed E-state index contributed by atoms with van der Waals surface area (Å²) in [5.41, 5.74) is 2.58. The summed E-state index contributed by atoms with van der Waals surface area (Å²) in [6.07, 6.45) is 2.45. The number of carbonyl (C=O) groups excluding carboxylic acids is 1. The maximum Gasteiger partial charge on any atom is 0.254 e. The smallest absolute Gasteiger partial charge is 0.254 e. The first kappa shape index (κ1) is 18.7. The molecule has 0 atom stereocenters. The minimum Gasteiger partial charge on any atom is -0.341 e. The molecule has 2 aromatic rings. The Bertz CT molecular complexity index is 853. The van der Waals surface area contributed by atoms with Crippen molar-refractivity contribution in [3.05, 3.63) is 57.0 Å². The molecule has 0 aliphatic carbocycles. The van der Waals surface area contributed by atoms with Crippen LogP contribution in [0.25, 0.3) is 0 Å². The van der Waals surface area contributed by atoms with Crippen molar-refractivity contribution in [2.24, 2.45) is 0 Å². The van der Waals surface area contributed by atoms with E-state index in [1.165, 1.54) is 11.8 Å². The van der Waals surface area contributed by atoms with Crippen molar-refractivity contribution >= 4 is 17.7 Å². The maximum atomic E-state index is 12.3. The first-order chi connectivity index (χ1) is 11.9. The molecule has 2 rings (SSSR count). The number of nitriles is 1. The van der Waals surface area contributed by atoms with Crippen molar-refractivity contribution in [3.8, 4) is 6.07 Å². The Balaban J connectivity index is 1.97. The van der Waals surface area contributed by atoms with Crippen LogP contribution in [0.2, 0.25) is 0 Å². The number of aromatic nitrogens is 2. The number of benzene rings is 1. The molecule has 0 bridgehead atoms. The van der Waals surface area contributed by atoms with Gasteiger partial charge in [0, 0.05) is 31.3 Å². The third kappa shape index (κ3) is 4.94. The molecule has 0 fully saturated rings. The molecule has 1 N–H and O–H groups in total. The number of rotatable bonds is 6. The summed E-state index contributed by atoms with van der Waals surface area (Å²) < 4.78 is 0. The van der Waals surface area contributed by atoms with E-state index in [9.17, 15) is 9.59 Å². The highest BCUT2D eigenvalue weighted by molar-refractivity contribution is 7.98. The van der Waals surface area contributed by atoms with Gasteiger partial charge in [0.1, 0.15) is 0 Å². The zero-order valence-electron chi connectivity index (χ0n) is 14.5. The minimum atomic E-state index is -0.181. The van der Waals surface area contributed by atoms with Crippen molar-refractivity contribution < 1.29 is 4.79 Å². The fourth-order valence-electron chi connectivity index (χ4n) is 2.45. The number of hydrogen-bond acceptors (Lipinski definition) is 5. The topological polar surface area (TPSA) is 89.8 Å². The highest BCUT2D eigenvalue weighted by Gasteiger charge is 2.13. The van der Waals surface area contributed by atoms with Crippen LogP contribution in [0.3, 0.4) is 0 Å². The van der Waals surface area contributed by atoms with Crippen LogP contribution in [-0.4, -0.2) is 34.1 Å². The molecule has 0 unspecified atom stereocenters. The number of aryl methyl sites for hydroxylation is 1. The predicted molar refractivity (Wildman–Crippen MR) is 97.3 cm³/mol. The van der Waals surface area contributed by atoms with Gasteiger partial charge in [-0.1, -0.05) is 23.9 Å². The van der Waals surface area contributed by atoms with Gasteiger partial charge in [0.05, 0.1) is 11.6 Å². The number of nitrogens with zero attached hydrogens (tertiary/aromatic N) is 3. The minimum absolute atomic E-state index is 0.0443. The SMILES string of the molecule is CSc1nc(C)c(CCC(=O)N(C)Cc2ccc(C#N)cc2)c(=O)[nH]1. The standard InChI is InChI=1S/C18H20N4O2S/c1-12-15(17(24)21-18(20-12)25-3)8-9-16(23)22(2)11-14-6-4-13(10-19)5-7-14/h4-7H,8-9,11H2,1-3H3,(H,20,21,24). The molecule has 1 amide bonds. The highest BCUT2D eigenvalue weighted by atomic mass is 32.2. The van der Waals surface area contributed by atoms with Crippen LogP contribution in [0.4, 0.5) is 0 Å². The summed E-state index contributed by atoms with van der Waals surface area (Å²) in [4.78, 5) is 33.1. The first-order valence-electron chi connectivity index (χ1n) is 7.81.